The lowest BCUT2D eigenvalue weighted by molar-refractivity contribution is 0.551. The predicted octanol–water partition coefficient (Wildman–Crippen LogP) is 4.53. The van der Waals surface area contributed by atoms with Gasteiger partial charge in [0.25, 0.3) is 5.95 Å². The molecule has 0 saturated carbocycles. The second-order valence-electron chi connectivity index (χ2n) is 6.89. The Morgan fingerprint density at radius 3 is 1.84 bits per heavy atom. The summed E-state index contributed by atoms with van der Waals surface area (Å²) in [6, 6.07) is 1.99. The number of rotatable bonds is 12. The van der Waals surface area contributed by atoms with E-state index in [2.05, 4.69) is 32.4 Å². The molecular formula is C19H32N6. The molecule has 0 bridgehead atoms. The van der Waals surface area contributed by atoms with Gasteiger partial charge in [-0.15, -0.1) is 20.4 Å². The third-order valence-corrected chi connectivity index (χ3v) is 4.46. The SMILES string of the molecule is CCCCCCCCCCCCc1nnc(-n2nc(C)cc2C)nn1. The van der Waals surface area contributed by atoms with Crippen LogP contribution in [0.15, 0.2) is 6.07 Å². The van der Waals surface area contributed by atoms with Gasteiger partial charge in [-0.05, 0) is 26.3 Å². The first-order valence-electron chi connectivity index (χ1n) is 9.80. The molecule has 2 aromatic rings. The van der Waals surface area contributed by atoms with Crippen molar-refractivity contribution in [1.82, 2.24) is 30.2 Å². The first kappa shape index (κ1) is 19.5. The summed E-state index contributed by atoms with van der Waals surface area (Å²) in [5, 5.41) is 21.1. The van der Waals surface area contributed by atoms with Crippen molar-refractivity contribution in [3.05, 3.63) is 23.3 Å². The van der Waals surface area contributed by atoms with E-state index >= 15 is 0 Å². The minimum atomic E-state index is 0.442. The standard InChI is InChI=1S/C19H32N6/c1-4-5-6-7-8-9-10-11-12-13-14-18-20-22-19(23-21-18)25-17(3)15-16(2)24-25/h15H,4-14H2,1-3H3. The van der Waals surface area contributed by atoms with Gasteiger partial charge in [0.15, 0.2) is 5.82 Å². The Morgan fingerprint density at radius 1 is 0.760 bits per heavy atom. The topological polar surface area (TPSA) is 69.4 Å². The summed E-state index contributed by atoms with van der Waals surface area (Å²) >= 11 is 0. The van der Waals surface area contributed by atoms with Crippen LogP contribution in [-0.2, 0) is 6.42 Å². The number of aryl methyl sites for hydroxylation is 3. The Kier molecular flexibility index (Phi) is 8.49. The molecular weight excluding hydrogens is 312 g/mol. The van der Waals surface area contributed by atoms with E-state index in [1.807, 2.05) is 19.9 Å². The van der Waals surface area contributed by atoms with Crippen LogP contribution < -0.4 is 0 Å². The Labute approximate surface area is 151 Å². The van der Waals surface area contributed by atoms with Crippen molar-refractivity contribution in [2.24, 2.45) is 0 Å². The second-order valence-corrected chi connectivity index (χ2v) is 6.89. The van der Waals surface area contributed by atoms with Crippen LogP contribution in [0, 0.1) is 13.8 Å². The van der Waals surface area contributed by atoms with Crippen LogP contribution in [-0.4, -0.2) is 30.2 Å². The zero-order chi connectivity index (χ0) is 17.9. The molecule has 2 heterocycles. The van der Waals surface area contributed by atoms with E-state index in [-0.39, 0.29) is 0 Å². The van der Waals surface area contributed by atoms with Crippen molar-refractivity contribution in [2.75, 3.05) is 0 Å². The van der Waals surface area contributed by atoms with Crippen LogP contribution in [0.1, 0.15) is 88.3 Å². The van der Waals surface area contributed by atoms with Crippen molar-refractivity contribution in [3.8, 4) is 5.95 Å². The van der Waals surface area contributed by atoms with Gasteiger partial charge in [0.1, 0.15) is 0 Å². The van der Waals surface area contributed by atoms with E-state index in [4.69, 9.17) is 0 Å². The van der Waals surface area contributed by atoms with Crippen LogP contribution in [0.4, 0.5) is 0 Å². The third kappa shape index (κ3) is 6.88. The molecule has 0 N–H and O–H groups in total. The van der Waals surface area contributed by atoms with Crippen molar-refractivity contribution in [1.29, 1.82) is 0 Å². The monoisotopic (exact) mass is 344 g/mol. The average Bonchev–Trinajstić information content (AvgIpc) is 2.95. The van der Waals surface area contributed by atoms with Crippen molar-refractivity contribution >= 4 is 0 Å². The summed E-state index contributed by atoms with van der Waals surface area (Å²) in [6.07, 6.45) is 14.1. The smallest absolute Gasteiger partial charge is 0.200 e. The van der Waals surface area contributed by atoms with E-state index < -0.39 is 0 Å². The molecule has 0 atom stereocenters. The Bertz CT molecular complexity index is 605. The molecule has 0 fully saturated rings. The fourth-order valence-corrected chi connectivity index (χ4v) is 3.03. The molecule has 0 saturated heterocycles. The molecule has 0 aliphatic carbocycles. The van der Waals surface area contributed by atoms with Gasteiger partial charge in [0, 0.05) is 12.1 Å². The number of hydrogen-bond donors (Lipinski definition) is 0. The molecule has 2 rings (SSSR count). The number of unbranched alkanes of at least 4 members (excludes halogenated alkanes) is 9. The number of aromatic nitrogens is 6. The summed E-state index contributed by atoms with van der Waals surface area (Å²) in [5.74, 6) is 1.17. The molecule has 0 aliphatic rings. The van der Waals surface area contributed by atoms with Gasteiger partial charge in [0.05, 0.1) is 5.69 Å². The van der Waals surface area contributed by atoms with Gasteiger partial charge in [0.2, 0.25) is 0 Å². The number of hydrogen-bond acceptors (Lipinski definition) is 5. The lowest BCUT2D eigenvalue weighted by Gasteiger charge is -2.03. The van der Waals surface area contributed by atoms with Gasteiger partial charge in [-0.25, -0.2) is 4.68 Å². The highest BCUT2D eigenvalue weighted by atomic mass is 15.4. The normalized spacial score (nSPS) is 11.2. The molecule has 6 nitrogen and oxygen atoms in total. The van der Waals surface area contributed by atoms with Gasteiger partial charge in [-0.2, -0.15) is 5.10 Å². The number of nitrogens with zero attached hydrogens (tertiary/aromatic N) is 6. The van der Waals surface area contributed by atoms with Gasteiger partial charge in [-0.1, -0.05) is 64.7 Å². The van der Waals surface area contributed by atoms with Crippen LogP contribution >= 0.6 is 0 Å². The Hall–Kier alpha value is -1.85. The minimum absolute atomic E-state index is 0.442. The molecule has 2 aromatic heterocycles. The van der Waals surface area contributed by atoms with E-state index in [0.29, 0.717) is 5.95 Å². The quantitative estimate of drug-likeness (QED) is 0.529. The maximum atomic E-state index is 4.35. The van der Waals surface area contributed by atoms with E-state index in [1.165, 1.54) is 57.8 Å². The highest BCUT2D eigenvalue weighted by molar-refractivity contribution is 5.16. The van der Waals surface area contributed by atoms with Crippen molar-refractivity contribution in [2.45, 2.75) is 91.4 Å². The van der Waals surface area contributed by atoms with Crippen LogP contribution in [0.2, 0.25) is 0 Å². The molecule has 25 heavy (non-hydrogen) atoms. The van der Waals surface area contributed by atoms with Crippen molar-refractivity contribution in [3.63, 3.8) is 0 Å². The maximum Gasteiger partial charge on any atom is 0.289 e. The second kappa shape index (κ2) is 10.9. The zero-order valence-electron chi connectivity index (χ0n) is 16.0. The third-order valence-electron chi connectivity index (χ3n) is 4.46. The van der Waals surface area contributed by atoms with Gasteiger partial charge >= 0.3 is 0 Å². The van der Waals surface area contributed by atoms with Gasteiger partial charge < -0.3 is 0 Å². The summed E-state index contributed by atoms with van der Waals surface area (Å²) < 4.78 is 1.68. The van der Waals surface area contributed by atoms with E-state index in [9.17, 15) is 0 Å². The fraction of sp³-hybridized carbons (Fsp3) is 0.737. The highest BCUT2D eigenvalue weighted by Gasteiger charge is 2.08. The van der Waals surface area contributed by atoms with Crippen molar-refractivity contribution < 1.29 is 0 Å². The minimum Gasteiger partial charge on any atom is -0.200 e. The molecule has 138 valence electrons. The molecule has 0 amide bonds. The first-order chi connectivity index (χ1) is 12.2. The predicted molar refractivity (Wildman–Crippen MR) is 99.8 cm³/mol. The molecule has 6 heteroatoms. The molecule has 0 radical (unpaired) electrons. The van der Waals surface area contributed by atoms with Crippen LogP contribution in [0.25, 0.3) is 5.95 Å². The maximum absolute atomic E-state index is 4.35. The summed E-state index contributed by atoms with van der Waals surface area (Å²) in [5.41, 5.74) is 1.93. The Balaban J connectivity index is 1.60. The lowest BCUT2D eigenvalue weighted by atomic mass is 10.1. The molecule has 0 aromatic carbocycles. The van der Waals surface area contributed by atoms with Crippen LogP contribution in [0.5, 0.6) is 0 Å². The van der Waals surface area contributed by atoms with Gasteiger partial charge in [-0.3, -0.25) is 0 Å². The molecule has 0 spiro atoms. The van der Waals surface area contributed by atoms with E-state index in [0.717, 1.165) is 30.1 Å². The zero-order valence-corrected chi connectivity index (χ0v) is 16.0. The highest BCUT2D eigenvalue weighted by Crippen LogP contribution is 2.11. The summed E-state index contributed by atoms with van der Waals surface area (Å²) in [4.78, 5) is 0. The van der Waals surface area contributed by atoms with Crippen LogP contribution in [0.3, 0.4) is 0 Å². The largest absolute Gasteiger partial charge is 0.289 e. The summed E-state index contributed by atoms with van der Waals surface area (Å²) in [6.45, 7) is 6.19. The molecule has 0 unspecified atom stereocenters. The van der Waals surface area contributed by atoms with E-state index in [1.54, 1.807) is 4.68 Å². The lowest BCUT2D eigenvalue weighted by Crippen LogP contribution is -2.10. The average molecular weight is 345 g/mol. The fourth-order valence-electron chi connectivity index (χ4n) is 3.03. The Morgan fingerprint density at radius 2 is 1.32 bits per heavy atom. The molecule has 0 aliphatic heterocycles. The first-order valence-corrected chi connectivity index (χ1v) is 9.80. The summed E-state index contributed by atoms with van der Waals surface area (Å²) in [7, 11) is 0.